The standard InChI is InChI=1S/C17H16N2O6/c1-24-15-8-5-12(10-14(15)19(22)23)17(21)18-13-6-3-11(4-7-13)9-16(20)25-2/h3-8,10H,9H2,1-2H3,(H,18,21). The van der Waals surface area contributed by atoms with Gasteiger partial charge in [0.05, 0.1) is 25.6 Å². The van der Waals surface area contributed by atoms with E-state index in [0.29, 0.717) is 5.69 Å². The molecule has 0 unspecified atom stereocenters. The second-order valence-electron chi connectivity index (χ2n) is 5.05. The number of hydrogen-bond donors (Lipinski definition) is 1. The molecule has 1 amide bonds. The van der Waals surface area contributed by atoms with Crippen molar-refractivity contribution < 1.29 is 24.0 Å². The number of ether oxygens (including phenoxy) is 2. The van der Waals surface area contributed by atoms with Gasteiger partial charge < -0.3 is 14.8 Å². The average Bonchev–Trinajstić information content (AvgIpc) is 2.62. The molecule has 0 saturated carbocycles. The molecule has 0 heterocycles. The third-order valence-corrected chi connectivity index (χ3v) is 3.43. The van der Waals surface area contributed by atoms with Gasteiger partial charge in [0.15, 0.2) is 5.75 Å². The maximum Gasteiger partial charge on any atom is 0.311 e. The van der Waals surface area contributed by atoms with Crippen LogP contribution in [0.5, 0.6) is 5.75 Å². The molecule has 1 N–H and O–H groups in total. The molecule has 0 atom stereocenters. The molecule has 0 saturated heterocycles. The first-order chi connectivity index (χ1) is 11.9. The molecule has 2 aromatic rings. The summed E-state index contributed by atoms with van der Waals surface area (Å²) in [6, 6.07) is 10.6. The molecular weight excluding hydrogens is 328 g/mol. The molecule has 0 aliphatic heterocycles. The summed E-state index contributed by atoms with van der Waals surface area (Å²) in [5.41, 5.74) is 1.08. The summed E-state index contributed by atoms with van der Waals surface area (Å²) in [7, 11) is 2.63. The molecule has 0 bridgehead atoms. The van der Waals surface area contributed by atoms with Crippen molar-refractivity contribution in [2.75, 3.05) is 19.5 Å². The molecule has 0 fully saturated rings. The molecule has 25 heavy (non-hydrogen) atoms. The van der Waals surface area contributed by atoms with E-state index in [0.717, 1.165) is 11.6 Å². The van der Waals surface area contributed by atoms with Crippen LogP contribution in [0.2, 0.25) is 0 Å². The Morgan fingerprint density at radius 3 is 2.36 bits per heavy atom. The van der Waals surface area contributed by atoms with Crippen LogP contribution in [0.3, 0.4) is 0 Å². The molecule has 2 rings (SSSR count). The molecule has 8 heteroatoms. The monoisotopic (exact) mass is 344 g/mol. The molecule has 0 radical (unpaired) electrons. The van der Waals surface area contributed by atoms with Gasteiger partial charge in [0.1, 0.15) is 0 Å². The quantitative estimate of drug-likeness (QED) is 0.490. The van der Waals surface area contributed by atoms with E-state index in [-0.39, 0.29) is 29.4 Å². The third-order valence-electron chi connectivity index (χ3n) is 3.43. The number of anilines is 1. The van der Waals surface area contributed by atoms with E-state index in [1.54, 1.807) is 24.3 Å². The minimum absolute atomic E-state index is 0.0775. The molecule has 0 aliphatic rings. The van der Waals surface area contributed by atoms with Gasteiger partial charge in [0.2, 0.25) is 0 Å². The van der Waals surface area contributed by atoms with Crippen LogP contribution in [-0.4, -0.2) is 31.0 Å². The van der Waals surface area contributed by atoms with Gasteiger partial charge in [0, 0.05) is 17.3 Å². The van der Waals surface area contributed by atoms with Crippen molar-refractivity contribution in [3.8, 4) is 5.75 Å². The molecule has 0 aromatic heterocycles. The van der Waals surface area contributed by atoms with Crippen LogP contribution in [-0.2, 0) is 16.0 Å². The lowest BCUT2D eigenvalue weighted by Gasteiger charge is -2.08. The maximum absolute atomic E-state index is 12.2. The highest BCUT2D eigenvalue weighted by molar-refractivity contribution is 6.04. The molecular formula is C17H16N2O6. The van der Waals surface area contributed by atoms with Crippen LogP contribution < -0.4 is 10.1 Å². The number of nitrogens with one attached hydrogen (secondary N) is 1. The predicted octanol–water partition coefficient (Wildman–Crippen LogP) is 2.57. The summed E-state index contributed by atoms with van der Waals surface area (Å²) in [6.07, 6.45) is 0.134. The van der Waals surface area contributed by atoms with Gasteiger partial charge >= 0.3 is 11.7 Å². The van der Waals surface area contributed by atoms with Gasteiger partial charge in [-0.2, -0.15) is 0 Å². The first kappa shape index (κ1) is 17.9. The number of hydrogen-bond acceptors (Lipinski definition) is 6. The summed E-state index contributed by atoms with van der Waals surface area (Å²) < 4.78 is 9.48. The van der Waals surface area contributed by atoms with E-state index in [1.807, 2.05) is 0 Å². The number of methoxy groups -OCH3 is 2. The lowest BCUT2D eigenvalue weighted by molar-refractivity contribution is -0.385. The smallest absolute Gasteiger partial charge is 0.311 e. The number of carbonyl (C=O) groups excluding carboxylic acids is 2. The van der Waals surface area contributed by atoms with Gasteiger partial charge in [-0.1, -0.05) is 12.1 Å². The molecule has 0 spiro atoms. The minimum Gasteiger partial charge on any atom is -0.490 e. The van der Waals surface area contributed by atoms with Crippen molar-refractivity contribution in [2.45, 2.75) is 6.42 Å². The van der Waals surface area contributed by atoms with Gasteiger partial charge in [-0.25, -0.2) is 0 Å². The van der Waals surface area contributed by atoms with E-state index in [2.05, 4.69) is 10.1 Å². The summed E-state index contributed by atoms with van der Waals surface area (Å²) in [5, 5.41) is 13.7. The Bertz CT molecular complexity index is 801. The van der Waals surface area contributed by atoms with Crippen LogP contribution in [0.1, 0.15) is 15.9 Å². The van der Waals surface area contributed by atoms with Crippen LogP contribution in [0, 0.1) is 10.1 Å². The minimum atomic E-state index is -0.614. The number of nitrogens with zero attached hydrogens (tertiary/aromatic N) is 1. The van der Waals surface area contributed by atoms with Crippen molar-refractivity contribution in [1.82, 2.24) is 0 Å². The van der Waals surface area contributed by atoms with E-state index >= 15 is 0 Å². The fourth-order valence-electron chi connectivity index (χ4n) is 2.12. The highest BCUT2D eigenvalue weighted by Crippen LogP contribution is 2.27. The van der Waals surface area contributed by atoms with E-state index in [9.17, 15) is 19.7 Å². The van der Waals surface area contributed by atoms with Gasteiger partial charge in [-0.05, 0) is 29.8 Å². The van der Waals surface area contributed by atoms with Gasteiger partial charge in [0.25, 0.3) is 5.91 Å². The molecule has 0 aliphatic carbocycles. The largest absolute Gasteiger partial charge is 0.490 e. The SMILES string of the molecule is COC(=O)Cc1ccc(NC(=O)c2ccc(OC)c([N+](=O)[O-])c2)cc1. The molecule has 8 nitrogen and oxygen atoms in total. The average molecular weight is 344 g/mol. The zero-order valence-corrected chi connectivity index (χ0v) is 13.6. The highest BCUT2D eigenvalue weighted by atomic mass is 16.6. The predicted molar refractivity (Wildman–Crippen MR) is 89.8 cm³/mol. The lowest BCUT2D eigenvalue weighted by Crippen LogP contribution is -2.12. The number of nitro groups is 1. The Morgan fingerprint density at radius 2 is 1.80 bits per heavy atom. The van der Waals surface area contributed by atoms with Crippen molar-refractivity contribution in [2.24, 2.45) is 0 Å². The first-order valence-corrected chi connectivity index (χ1v) is 7.24. The Hall–Kier alpha value is -3.42. The Kier molecular flexibility index (Phi) is 5.67. The van der Waals surface area contributed by atoms with E-state index in [4.69, 9.17) is 4.74 Å². The second kappa shape index (κ2) is 7.91. The van der Waals surface area contributed by atoms with Crippen molar-refractivity contribution in [3.05, 3.63) is 63.7 Å². The normalized spacial score (nSPS) is 10.0. The highest BCUT2D eigenvalue weighted by Gasteiger charge is 2.18. The summed E-state index contributed by atoms with van der Waals surface area (Å²) in [4.78, 5) is 33.9. The third kappa shape index (κ3) is 4.54. The topological polar surface area (TPSA) is 108 Å². The van der Waals surface area contributed by atoms with Crippen LogP contribution in [0.15, 0.2) is 42.5 Å². The Balaban J connectivity index is 2.13. The number of amides is 1. The van der Waals surface area contributed by atoms with E-state index in [1.165, 1.54) is 26.4 Å². The van der Waals surface area contributed by atoms with Crippen molar-refractivity contribution in [1.29, 1.82) is 0 Å². The number of rotatable bonds is 6. The summed E-state index contributed by atoms with van der Waals surface area (Å²) >= 11 is 0. The maximum atomic E-state index is 12.2. The Morgan fingerprint density at radius 1 is 1.12 bits per heavy atom. The fourth-order valence-corrected chi connectivity index (χ4v) is 2.12. The Labute approximate surface area is 143 Å². The molecule has 130 valence electrons. The summed E-state index contributed by atoms with van der Waals surface area (Å²) in [6.45, 7) is 0. The van der Waals surface area contributed by atoms with Crippen LogP contribution in [0.25, 0.3) is 0 Å². The van der Waals surface area contributed by atoms with E-state index < -0.39 is 10.8 Å². The van der Waals surface area contributed by atoms with Crippen LogP contribution in [0.4, 0.5) is 11.4 Å². The van der Waals surface area contributed by atoms with Gasteiger partial charge in [-0.15, -0.1) is 0 Å². The van der Waals surface area contributed by atoms with Crippen LogP contribution >= 0.6 is 0 Å². The molecule has 2 aromatic carbocycles. The zero-order valence-electron chi connectivity index (χ0n) is 13.6. The van der Waals surface area contributed by atoms with Crippen molar-refractivity contribution >= 4 is 23.3 Å². The van der Waals surface area contributed by atoms with Crippen molar-refractivity contribution in [3.63, 3.8) is 0 Å². The summed E-state index contributed by atoms with van der Waals surface area (Å²) in [5.74, 6) is -0.775. The number of benzene rings is 2. The number of nitro benzene ring substituents is 1. The number of esters is 1. The zero-order chi connectivity index (χ0) is 18.4. The fraction of sp³-hybridized carbons (Fsp3) is 0.176. The first-order valence-electron chi connectivity index (χ1n) is 7.24. The second-order valence-corrected chi connectivity index (χ2v) is 5.05. The number of carbonyl (C=O) groups is 2. The van der Waals surface area contributed by atoms with Gasteiger partial charge in [-0.3, -0.25) is 19.7 Å². The lowest BCUT2D eigenvalue weighted by atomic mass is 10.1.